The van der Waals surface area contributed by atoms with E-state index in [0.717, 1.165) is 25.7 Å². The summed E-state index contributed by atoms with van der Waals surface area (Å²) in [5, 5.41) is 23.2. The van der Waals surface area contributed by atoms with Gasteiger partial charge in [-0.25, -0.2) is 0 Å². The van der Waals surface area contributed by atoms with E-state index in [1.54, 1.807) is 0 Å². The zero-order chi connectivity index (χ0) is 23.5. The van der Waals surface area contributed by atoms with E-state index < -0.39 is 17.1 Å². The number of hydrogen-bond donors (Lipinski definition) is 2. The van der Waals surface area contributed by atoms with Crippen molar-refractivity contribution in [3.63, 3.8) is 0 Å². The van der Waals surface area contributed by atoms with Crippen LogP contribution >= 0.6 is 24.0 Å². The van der Waals surface area contributed by atoms with Crippen LogP contribution in [-0.2, 0) is 14.3 Å². The van der Waals surface area contributed by atoms with Crippen molar-refractivity contribution in [1.29, 1.82) is 0 Å². The lowest BCUT2D eigenvalue weighted by Crippen LogP contribution is -2.62. The molecule has 0 bridgehead atoms. The third-order valence-electron chi connectivity index (χ3n) is 9.16. The van der Waals surface area contributed by atoms with Gasteiger partial charge in [-0.15, -0.1) is 0 Å². The van der Waals surface area contributed by atoms with Gasteiger partial charge in [-0.1, -0.05) is 31.2 Å². The molecule has 7 atom stereocenters. The Morgan fingerprint density at radius 2 is 2.00 bits per heavy atom. The molecular formula is C25H36O5S2. The largest absolute Gasteiger partial charge is 0.476 e. The summed E-state index contributed by atoms with van der Waals surface area (Å²) in [6, 6.07) is 0. The van der Waals surface area contributed by atoms with Crippen molar-refractivity contribution in [2.75, 3.05) is 5.75 Å². The van der Waals surface area contributed by atoms with E-state index >= 15 is 0 Å². The maximum absolute atomic E-state index is 13.3. The number of aliphatic hydroxyl groups is 2. The number of aliphatic hydroxyl groups excluding tert-OH is 1. The van der Waals surface area contributed by atoms with Crippen LogP contribution in [-0.4, -0.2) is 49.7 Å². The molecular weight excluding hydrogens is 444 g/mol. The lowest BCUT2D eigenvalue weighted by atomic mass is 9.45. The highest BCUT2D eigenvalue weighted by atomic mass is 32.2. The monoisotopic (exact) mass is 480 g/mol. The number of ketones is 2. The minimum absolute atomic E-state index is 0.0475. The van der Waals surface area contributed by atoms with E-state index in [-0.39, 0.29) is 46.6 Å². The molecule has 0 aromatic heterocycles. The van der Waals surface area contributed by atoms with Gasteiger partial charge in [0.2, 0.25) is 4.38 Å². The number of allylic oxidation sites excluding steroid dienone is 1. The third-order valence-corrected chi connectivity index (χ3v) is 10.4. The maximum atomic E-state index is 13.3. The second-order valence-corrected chi connectivity index (χ2v) is 12.7. The topological polar surface area (TPSA) is 83.8 Å². The molecule has 4 rings (SSSR count). The Hall–Kier alpha value is -0.760. The molecule has 2 N–H and O–H groups in total. The number of fused-ring (bicyclic) bond motifs is 5. The molecule has 3 saturated carbocycles. The summed E-state index contributed by atoms with van der Waals surface area (Å²) >= 11 is 6.38. The molecule has 4 aliphatic rings. The van der Waals surface area contributed by atoms with E-state index in [1.165, 1.54) is 17.3 Å². The Morgan fingerprint density at radius 3 is 2.69 bits per heavy atom. The number of carbonyl (C=O) groups is 2. The van der Waals surface area contributed by atoms with Crippen molar-refractivity contribution in [2.24, 2.45) is 28.6 Å². The highest BCUT2D eigenvalue weighted by Crippen LogP contribution is 2.67. The molecule has 0 saturated heterocycles. The van der Waals surface area contributed by atoms with Gasteiger partial charge in [-0.2, -0.15) is 0 Å². The van der Waals surface area contributed by atoms with Gasteiger partial charge < -0.3 is 14.9 Å². The Bertz CT molecular complexity index is 853. The molecule has 0 aliphatic heterocycles. The Labute approximate surface area is 200 Å². The molecule has 178 valence electrons. The van der Waals surface area contributed by atoms with E-state index in [2.05, 4.69) is 6.92 Å². The van der Waals surface area contributed by atoms with Crippen LogP contribution in [0.2, 0.25) is 0 Å². The number of ether oxygens (including phenoxy) is 1. The second kappa shape index (κ2) is 8.47. The summed E-state index contributed by atoms with van der Waals surface area (Å²) < 4.78 is 5.80. The average Bonchev–Trinajstić information content (AvgIpc) is 2.97. The molecule has 0 unspecified atom stereocenters. The van der Waals surface area contributed by atoms with E-state index in [9.17, 15) is 19.8 Å². The fraction of sp³-hybridized carbons (Fsp3) is 0.800. The number of carbonyl (C=O) groups excluding carboxylic acids is 2. The predicted octanol–water partition coefficient (Wildman–Crippen LogP) is 4.23. The molecule has 0 amide bonds. The summed E-state index contributed by atoms with van der Waals surface area (Å²) in [5.74, 6) is 0.583. The van der Waals surface area contributed by atoms with Crippen LogP contribution in [0.3, 0.4) is 0 Å². The van der Waals surface area contributed by atoms with Crippen molar-refractivity contribution in [3.05, 3.63) is 11.6 Å². The molecule has 0 spiro atoms. The van der Waals surface area contributed by atoms with Crippen LogP contribution < -0.4 is 0 Å². The normalized spacial score (nSPS) is 43.2. The summed E-state index contributed by atoms with van der Waals surface area (Å²) in [5.41, 5.74) is -1.09. The first-order valence-electron chi connectivity index (χ1n) is 11.9. The smallest absolute Gasteiger partial charge is 0.220 e. The van der Waals surface area contributed by atoms with Gasteiger partial charge in [-0.05, 0) is 93.8 Å². The van der Waals surface area contributed by atoms with Gasteiger partial charge in [0.15, 0.2) is 11.6 Å². The predicted molar refractivity (Wildman–Crippen MR) is 129 cm³/mol. The highest BCUT2D eigenvalue weighted by molar-refractivity contribution is 8.23. The first-order chi connectivity index (χ1) is 14.9. The lowest BCUT2D eigenvalue weighted by molar-refractivity contribution is -0.178. The molecule has 4 aliphatic carbocycles. The zero-order valence-corrected chi connectivity index (χ0v) is 21.2. The molecule has 7 heteroatoms. The minimum Gasteiger partial charge on any atom is -0.476 e. The number of rotatable bonds is 4. The third kappa shape index (κ3) is 3.71. The van der Waals surface area contributed by atoms with Crippen LogP contribution in [0.15, 0.2) is 11.6 Å². The summed E-state index contributed by atoms with van der Waals surface area (Å²) in [6.45, 7) is 8.00. The van der Waals surface area contributed by atoms with E-state index in [1.807, 2.05) is 26.8 Å². The number of Topliss-reactive ketones (excluding diaryl/α,β-unsaturated/α-hetero) is 1. The Balaban J connectivity index is 1.56. The van der Waals surface area contributed by atoms with Gasteiger partial charge >= 0.3 is 0 Å². The number of thioether (sulfide) groups is 1. The standard InChI is InChI=1S/C25H36O5S2/c1-14(2)30-22(31)32-13-20(28)25(29)10-8-18-17-6-5-15-11-16(26)7-9-23(15,3)21(17)19(27)12-24(18,25)4/h11,14,17-19,21,27,29H,5-10,12-13H2,1-4H3/t17-,18-,19+,21-,23+,24+,25+/m1/s1. The first-order valence-corrected chi connectivity index (χ1v) is 13.3. The van der Waals surface area contributed by atoms with Gasteiger partial charge in [0.1, 0.15) is 5.60 Å². The number of thiocarbonyl (C=S) groups is 1. The van der Waals surface area contributed by atoms with E-state index in [0.29, 0.717) is 23.6 Å². The van der Waals surface area contributed by atoms with Gasteiger partial charge in [-0.3, -0.25) is 9.59 Å². The minimum atomic E-state index is -1.45. The summed E-state index contributed by atoms with van der Waals surface area (Å²) in [7, 11) is 0. The average molecular weight is 481 g/mol. The lowest BCUT2D eigenvalue weighted by Gasteiger charge is -2.60. The van der Waals surface area contributed by atoms with Gasteiger partial charge in [0, 0.05) is 11.8 Å². The van der Waals surface area contributed by atoms with Crippen LogP contribution in [0.1, 0.15) is 72.6 Å². The molecule has 3 fully saturated rings. The molecule has 32 heavy (non-hydrogen) atoms. The second-order valence-electron chi connectivity index (χ2n) is 11.1. The van der Waals surface area contributed by atoms with Crippen molar-refractivity contribution < 1.29 is 24.5 Å². The number of hydrogen-bond acceptors (Lipinski definition) is 7. The molecule has 0 aromatic carbocycles. The Kier molecular flexibility index (Phi) is 6.45. The zero-order valence-electron chi connectivity index (χ0n) is 19.6. The van der Waals surface area contributed by atoms with Crippen LogP contribution in [0.5, 0.6) is 0 Å². The molecule has 0 heterocycles. The highest BCUT2D eigenvalue weighted by Gasteiger charge is 2.68. The van der Waals surface area contributed by atoms with Gasteiger partial charge in [0.25, 0.3) is 0 Å². The van der Waals surface area contributed by atoms with Gasteiger partial charge in [0.05, 0.1) is 18.0 Å². The first kappa shape index (κ1) is 24.4. The van der Waals surface area contributed by atoms with Crippen molar-refractivity contribution >= 4 is 39.9 Å². The van der Waals surface area contributed by atoms with E-state index in [4.69, 9.17) is 17.0 Å². The SMILES string of the molecule is CC(C)OC(=S)SCC(=O)[C@@]1(O)CC[C@@H]2[C@H]3CCC4=CC(=O)CC[C@]4(C)[C@H]3[C@@H](O)C[C@@]21C. The van der Waals surface area contributed by atoms with Crippen LogP contribution in [0.4, 0.5) is 0 Å². The molecule has 5 nitrogen and oxygen atoms in total. The quantitative estimate of drug-likeness (QED) is 0.583. The fourth-order valence-corrected chi connectivity index (χ4v) is 8.74. The van der Waals surface area contributed by atoms with Crippen molar-refractivity contribution in [1.82, 2.24) is 0 Å². The van der Waals surface area contributed by atoms with Crippen LogP contribution in [0, 0.1) is 28.6 Å². The summed E-state index contributed by atoms with van der Waals surface area (Å²) in [6.07, 6.45) is 5.91. The van der Waals surface area contributed by atoms with Crippen molar-refractivity contribution in [3.8, 4) is 0 Å². The fourth-order valence-electron chi connectivity index (χ4n) is 7.62. The summed E-state index contributed by atoms with van der Waals surface area (Å²) in [4.78, 5) is 25.3. The maximum Gasteiger partial charge on any atom is 0.220 e. The Morgan fingerprint density at radius 1 is 1.28 bits per heavy atom. The molecule has 0 radical (unpaired) electrons. The molecule has 0 aromatic rings. The van der Waals surface area contributed by atoms with Crippen LogP contribution in [0.25, 0.3) is 0 Å². The van der Waals surface area contributed by atoms with Crippen molar-refractivity contribution in [2.45, 2.75) is 90.4 Å².